The van der Waals surface area contributed by atoms with Crippen molar-refractivity contribution in [1.82, 2.24) is 5.32 Å². The molecule has 1 amide bonds. The Morgan fingerprint density at radius 2 is 2.11 bits per heavy atom. The molecule has 8 heteroatoms. The van der Waals surface area contributed by atoms with Crippen molar-refractivity contribution in [2.24, 2.45) is 5.92 Å². The number of rotatable bonds is 6. The summed E-state index contributed by atoms with van der Waals surface area (Å²) in [5, 5.41) is 21.7. The van der Waals surface area contributed by atoms with E-state index in [4.69, 9.17) is 5.11 Å². The van der Waals surface area contributed by atoms with E-state index in [1.54, 1.807) is 0 Å². The maximum atomic E-state index is 11.8. The molecule has 0 aliphatic heterocycles. The Morgan fingerprint density at radius 3 is 2.53 bits per heavy atom. The zero-order valence-corrected chi connectivity index (χ0v) is 11.3. The van der Waals surface area contributed by atoms with Gasteiger partial charge in [-0.05, 0) is 18.4 Å². The summed E-state index contributed by atoms with van der Waals surface area (Å²) < 4.78 is 0. The predicted octanol–water partition coefficient (Wildman–Crippen LogP) is 1.89. The molecule has 0 saturated heterocycles. The number of hydrogen-bond donors (Lipinski definition) is 2. The lowest BCUT2D eigenvalue weighted by atomic mass is 10.0. The lowest BCUT2D eigenvalue weighted by molar-refractivity contribution is -0.380. The first-order chi connectivity index (χ1) is 8.81. The molecule has 1 atom stereocenters. The minimum absolute atomic E-state index is 0.110. The molecule has 0 fully saturated rings. The summed E-state index contributed by atoms with van der Waals surface area (Å²) >= 11 is 0.718. The monoisotopic (exact) mass is 286 g/mol. The van der Waals surface area contributed by atoms with E-state index in [0.29, 0.717) is 6.42 Å². The van der Waals surface area contributed by atoms with Gasteiger partial charge in [-0.25, -0.2) is 4.79 Å². The highest BCUT2D eigenvalue weighted by molar-refractivity contribution is 7.17. The van der Waals surface area contributed by atoms with E-state index in [1.807, 2.05) is 13.8 Å². The van der Waals surface area contributed by atoms with Crippen LogP contribution in [0.4, 0.5) is 5.00 Å². The van der Waals surface area contributed by atoms with Crippen LogP contribution in [-0.2, 0) is 4.79 Å². The van der Waals surface area contributed by atoms with Gasteiger partial charge < -0.3 is 10.4 Å². The largest absolute Gasteiger partial charge is 0.480 e. The number of amides is 1. The highest BCUT2D eigenvalue weighted by atomic mass is 32.1. The lowest BCUT2D eigenvalue weighted by Crippen LogP contribution is -2.41. The van der Waals surface area contributed by atoms with E-state index in [-0.39, 0.29) is 15.8 Å². The number of carboxylic acids is 1. The summed E-state index contributed by atoms with van der Waals surface area (Å²) in [6.07, 6.45) is 0.300. The SMILES string of the molecule is CC(C)C[C@@H](NC(=O)c1ccc([N+](=O)[O-])s1)C(=O)O. The van der Waals surface area contributed by atoms with Gasteiger partial charge in [0, 0.05) is 6.07 Å². The minimum Gasteiger partial charge on any atom is -0.480 e. The van der Waals surface area contributed by atoms with Crippen molar-refractivity contribution in [2.45, 2.75) is 26.3 Å². The maximum Gasteiger partial charge on any atom is 0.326 e. The molecule has 0 aliphatic rings. The van der Waals surface area contributed by atoms with Crippen LogP contribution in [0.25, 0.3) is 0 Å². The van der Waals surface area contributed by atoms with Crippen molar-refractivity contribution in [3.05, 3.63) is 27.1 Å². The van der Waals surface area contributed by atoms with E-state index in [9.17, 15) is 19.7 Å². The van der Waals surface area contributed by atoms with Gasteiger partial charge in [0.15, 0.2) is 0 Å². The van der Waals surface area contributed by atoms with Crippen LogP contribution >= 0.6 is 11.3 Å². The standard InChI is InChI=1S/C11H14N2O5S/c1-6(2)5-7(11(15)16)12-10(14)8-3-4-9(19-8)13(17)18/h3-4,6-7H,5H2,1-2H3,(H,12,14)(H,15,16)/t7-/m1/s1. The second-order valence-electron chi connectivity index (χ2n) is 4.39. The summed E-state index contributed by atoms with van der Waals surface area (Å²) in [5.74, 6) is -1.61. The van der Waals surface area contributed by atoms with Crippen LogP contribution in [0.1, 0.15) is 29.9 Å². The molecule has 0 bridgehead atoms. The van der Waals surface area contributed by atoms with Crippen LogP contribution in [0, 0.1) is 16.0 Å². The van der Waals surface area contributed by atoms with Crippen molar-refractivity contribution in [2.75, 3.05) is 0 Å². The predicted molar refractivity (Wildman–Crippen MR) is 69.3 cm³/mol. The average molecular weight is 286 g/mol. The number of carbonyl (C=O) groups is 2. The van der Waals surface area contributed by atoms with E-state index < -0.39 is 22.8 Å². The van der Waals surface area contributed by atoms with Crippen molar-refractivity contribution in [1.29, 1.82) is 0 Å². The van der Waals surface area contributed by atoms with E-state index in [2.05, 4.69) is 5.32 Å². The third-order valence-electron chi connectivity index (χ3n) is 2.31. The van der Waals surface area contributed by atoms with Crippen LogP contribution in [-0.4, -0.2) is 27.9 Å². The third-order valence-corrected chi connectivity index (χ3v) is 3.34. The second kappa shape index (κ2) is 6.28. The minimum atomic E-state index is -1.12. The van der Waals surface area contributed by atoms with Crippen molar-refractivity contribution < 1.29 is 19.6 Å². The van der Waals surface area contributed by atoms with Gasteiger partial charge in [-0.2, -0.15) is 0 Å². The molecule has 1 rings (SSSR count). The smallest absolute Gasteiger partial charge is 0.326 e. The van der Waals surface area contributed by atoms with Gasteiger partial charge in [0.25, 0.3) is 5.91 Å². The summed E-state index contributed by atoms with van der Waals surface area (Å²) in [7, 11) is 0. The molecule has 19 heavy (non-hydrogen) atoms. The molecule has 0 aliphatic carbocycles. The quantitative estimate of drug-likeness (QED) is 0.613. The molecule has 7 nitrogen and oxygen atoms in total. The highest BCUT2D eigenvalue weighted by Crippen LogP contribution is 2.23. The highest BCUT2D eigenvalue weighted by Gasteiger charge is 2.23. The zero-order chi connectivity index (χ0) is 14.6. The number of thiophene rings is 1. The first-order valence-electron chi connectivity index (χ1n) is 5.59. The molecule has 1 aromatic heterocycles. The lowest BCUT2D eigenvalue weighted by Gasteiger charge is -2.15. The van der Waals surface area contributed by atoms with Gasteiger partial charge in [-0.15, -0.1) is 0 Å². The number of carboxylic acid groups (broad SMARTS) is 1. The number of nitrogens with one attached hydrogen (secondary N) is 1. The molecule has 0 spiro atoms. The molecule has 2 N–H and O–H groups in total. The van der Waals surface area contributed by atoms with Crippen LogP contribution in [0.15, 0.2) is 12.1 Å². The first-order valence-corrected chi connectivity index (χ1v) is 6.40. The van der Waals surface area contributed by atoms with Crippen LogP contribution in [0.5, 0.6) is 0 Å². The van der Waals surface area contributed by atoms with Gasteiger partial charge in [0.1, 0.15) is 6.04 Å². The van der Waals surface area contributed by atoms with Crippen LogP contribution < -0.4 is 5.32 Å². The topological polar surface area (TPSA) is 110 Å². The fourth-order valence-electron chi connectivity index (χ4n) is 1.47. The number of carbonyl (C=O) groups excluding carboxylic acids is 1. The number of nitro groups is 1. The molecule has 104 valence electrons. The van der Waals surface area contributed by atoms with Gasteiger partial charge in [0.05, 0.1) is 9.80 Å². The Hall–Kier alpha value is -1.96. The molecule has 1 aromatic rings. The van der Waals surface area contributed by atoms with Gasteiger partial charge in [-0.3, -0.25) is 14.9 Å². The van der Waals surface area contributed by atoms with E-state index in [1.165, 1.54) is 12.1 Å². The van der Waals surface area contributed by atoms with E-state index in [0.717, 1.165) is 11.3 Å². The number of nitrogens with zero attached hydrogens (tertiary/aromatic N) is 1. The summed E-state index contributed by atoms with van der Waals surface area (Å²) in [6.45, 7) is 3.69. The van der Waals surface area contributed by atoms with Crippen molar-refractivity contribution in [3.63, 3.8) is 0 Å². The van der Waals surface area contributed by atoms with Crippen LogP contribution in [0.2, 0.25) is 0 Å². The fraction of sp³-hybridized carbons (Fsp3) is 0.455. The Labute approximate surface area is 113 Å². The molecule has 0 aromatic carbocycles. The number of hydrogen-bond acceptors (Lipinski definition) is 5. The zero-order valence-electron chi connectivity index (χ0n) is 10.5. The summed E-state index contributed by atoms with van der Waals surface area (Å²) in [6, 6.07) is 1.54. The molecular formula is C11H14N2O5S. The van der Waals surface area contributed by atoms with Crippen LogP contribution in [0.3, 0.4) is 0 Å². The Kier molecular flexibility index (Phi) is 4.99. The summed E-state index contributed by atoms with van der Waals surface area (Å²) in [4.78, 5) is 32.8. The van der Waals surface area contributed by atoms with Crippen molar-refractivity contribution in [3.8, 4) is 0 Å². The Morgan fingerprint density at radius 1 is 1.47 bits per heavy atom. The molecule has 1 heterocycles. The molecule has 0 radical (unpaired) electrons. The van der Waals surface area contributed by atoms with E-state index >= 15 is 0 Å². The second-order valence-corrected chi connectivity index (χ2v) is 5.45. The molecular weight excluding hydrogens is 272 g/mol. The van der Waals surface area contributed by atoms with Crippen molar-refractivity contribution >= 4 is 28.2 Å². The normalized spacial score (nSPS) is 12.2. The Bertz CT molecular complexity index is 497. The Balaban J connectivity index is 2.75. The van der Waals surface area contributed by atoms with Gasteiger partial charge >= 0.3 is 11.0 Å². The number of aliphatic carboxylic acids is 1. The molecule has 0 saturated carbocycles. The first kappa shape index (κ1) is 15.1. The van der Waals surface area contributed by atoms with Gasteiger partial charge in [-0.1, -0.05) is 25.2 Å². The fourth-order valence-corrected chi connectivity index (χ4v) is 2.19. The summed E-state index contributed by atoms with van der Waals surface area (Å²) in [5.41, 5.74) is 0. The van der Waals surface area contributed by atoms with Gasteiger partial charge in [0.2, 0.25) is 0 Å². The third kappa shape index (κ3) is 4.32. The maximum absolute atomic E-state index is 11.8. The molecule has 0 unspecified atom stereocenters. The average Bonchev–Trinajstić information content (AvgIpc) is 2.76.